The van der Waals surface area contributed by atoms with Crippen molar-refractivity contribution in [2.45, 2.75) is 19.9 Å². The first-order valence-corrected chi connectivity index (χ1v) is 7.86. The zero-order chi connectivity index (χ0) is 16.3. The van der Waals surface area contributed by atoms with Crippen LogP contribution in [0.4, 0.5) is 0 Å². The van der Waals surface area contributed by atoms with Crippen molar-refractivity contribution in [2.24, 2.45) is 0 Å². The first kappa shape index (κ1) is 16.5. The highest BCUT2D eigenvalue weighted by Gasteiger charge is 2.38. The molecule has 1 aliphatic heterocycles. The molecule has 0 spiro atoms. The van der Waals surface area contributed by atoms with Crippen LogP contribution < -0.4 is 0 Å². The van der Waals surface area contributed by atoms with Crippen LogP contribution in [0, 0.1) is 0 Å². The number of carbonyl (C=O) groups is 2. The highest BCUT2D eigenvalue weighted by molar-refractivity contribution is 8.26. The maximum absolute atomic E-state index is 12.3. The van der Waals surface area contributed by atoms with Gasteiger partial charge in [-0.2, -0.15) is 0 Å². The number of hydrogen-bond acceptors (Lipinski definition) is 4. The molecule has 0 bridgehead atoms. The Bertz CT molecular complexity index is 680. The van der Waals surface area contributed by atoms with Crippen LogP contribution in [0.1, 0.15) is 19.4 Å². The third-order valence-electron chi connectivity index (χ3n) is 3.12. The Morgan fingerprint density at radius 3 is 2.59 bits per heavy atom. The van der Waals surface area contributed by atoms with Gasteiger partial charge in [0.15, 0.2) is 0 Å². The van der Waals surface area contributed by atoms with Crippen molar-refractivity contribution >= 4 is 46.3 Å². The van der Waals surface area contributed by atoms with Crippen LogP contribution in [0.15, 0.2) is 46.9 Å². The average molecular weight is 333 g/mol. The summed E-state index contributed by atoms with van der Waals surface area (Å²) in [5.41, 5.74) is 1.93. The normalized spacial score (nSPS) is 18.9. The van der Waals surface area contributed by atoms with Crippen molar-refractivity contribution in [2.75, 3.05) is 0 Å². The molecule has 1 saturated heterocycles. The Hall–Kier alpha value is -1.92. The van der Waals surface area contributed by atoms with E-state index in [1.807, 2.05) is 43.3 Å². The van der Waals surface area contributed by atoms with Gasteiger partial charge in [0.2, 0.25) is 0 Å². The van der Waals surface area contributed by atoms with E-state index in [4.69, 9.17) is 17.3 Å². The monoisotopic (exact) mass is 333 g/mol. The molecule has 0 aliphatic carbocycles. The van der Waals surface area contributed by atoms with Crippen LogP contribution in [0.5, 0.6) is 0 Å². The minimum absolute atomic E-state index is 0.277. The zero-order valence-corrected chi connectivity index (χ0v) is 13.8. The molecule has 1 aliphatic rings. The Morgan fingerprint density at radius 2 is 2.00 bits per heavy atom. The van der Waals surface area contributed by atoms with Crippen molar-refractivity contribution in [3.8, 4) is 0 Å². The second-order valence-electron chi connectivity index (χ2n) is 4.86. The summed E-state index contributed by atoms with van der Waals surface area (Å²) >= 11 is 6.25. The van der Waals surface area contributed by atoms with Gasteiger partial charge in [0.25, 0.3) is 5.91 Å². The van der Waals surface area contributed by atoms with E-state index < -0.39 is 12.0 Å². The molecule has 2 rings (SSSR count). The molecule has 1 N–H and O–H groups in total. The second-order valence-corrected chi connectivity index (χ2v) is 6.54. The van der Waals surface area contributed by atoms with E-state index in [9.17, 15) is 9.59 Å². The summed E-state index contributed by atoms with van der Waals surface area (Å²) in [6.07, 6.45) is 3.69. The molecule has 0 aromatic heterocycles. The lowest BCUT2D eigenvalue weighted by atomic mass is 10.1. The van der Waals surface area contributed by atoms with E-state index >= 15 is 0 Å². The van der Waals surface area contributed by atoms with Crippen LogP contribution in [0.3, 0.4) is 0 Å². The Morgan fingerprint density at radius 1 is 1.36 bits per heavy atom. The number of thiocarbonyl (C=S) groups is 1. The summed E-state index contributed by atoms with van der Waals surface area (Å²) in [5, 5.41) is 9.05. The number of rotatable bonds is 4. The molecule has 1 atom stereocenters. The molecule has 1 heterocycles. The minimum atomic E-state index is -1.07. The number of allylic oxidation sites excluding steroid dienone is 2. The van der Waals surface area contributed by atoms with Crippen molar-refractivity contribution in [1.82, 2.24) is 4.90 Å². The van der Waals surface area contributed by atoms with E-state index in [1.54, 1.807) is 6.08 Å². The molecule has 4 nitrogen and oxygen atoms in total. The molecule has 1 fully saturated rings. The second kappa shape index (κ2) is 6.89. The number of aliphatic carboxylic acids is 1. The van der Waals surface area contributed by atoms with Crippen LogP contribution in [0.2, 0.25) is 0 Å². The molecule has 0 radical (unpaired) electrons. The number of carboxylic acid groups (broad SMARTS) is 1. The lowest BCUT2D eigenvalue weighted by Gasteiger charge is -2.18. The molecule has 1 aromatic carbocycles. The predicted octanol–water partition coefficient (Wildman–Crippen LogP) is 3.31. The van der Waals surface area contributed by atoms with Crippen molar-refractivity contribution in [3.63, 3.8) is 0 Å². The Labute approximate surface area is 138 Å². The number of amides is 1. The summed E-state index contributed by atoms with van der Waals surface area (Å²) in [5.74, 6) is -1.43. The van der Waals surface area contributed by atoms with E-state index in [1.165, 1.54) is 6.92 Å². The van der Waals surface area contributed by atoms with Crippen molar-refractivity contribution < 1.29 is 14.7 Å². The number of benzene rings is 1. The molecular formula is C16H15NO3S2. The fraction of sp³-hybridized carbons (Fsp3) is 0.188. The molecule has 0 saturated carbocycles. The van der Waals surface area contributed by atoms with E-state index in [0.29, 0.717) is 4.91 Å². The first-order chi connectivity index (χ1) is 10.4. The highest BCUT2D eigenvalue weighted by Crippen LogP contribution is 2.33. The number of carbonyl (C=O) groups excluding carboxylic acids is 1. The largest absolute Gasteiger partial charge is 0.480 e. The number of nitrogens with zero attached hydrogens (tertiary/aromatic N) is 1. The van der Waals surface area contributed by atoms with E-state index in [0.717, 1.165) is 27.8 Å². The van der Waals surface area contributed by atoms with Gasteiger partial charge in [-0.05, 0) is 31.1 Å². The smallest absolute Gasteiger partial charge is 0.326 e. The third-order valence-corrected chi connectivity index (χ3v) is 4.45. The molecule has 114 valence electrons. The van der Waals surface area contributed by atoms with Gasteiger partial charge in [-0.15, -0.1) is 0 Å². The quantitative estimate of drug-likeness (QED) is 0.677. The van der Waals surface area contributed by atoms with Crippen LogP contribution in [-0.4, -0.2) is 32.2 Å². The summed E-state index contributed by atoms with van der Waals surface area (Å²) < 4.78 is 0.277. The van der Waals surface area contributed by atoms with Gasteiger partial charge in [-0.3, -0.25) is 9.69 Å². The molecule has 1 amide bonds. The summed E-state index contributed by atoms with van der Waals surface area (Å²) in [7, 11) is 0. The van der Waals surface area contributed by atoms with Gasteiger partial charge in [0, 0.05) is 0 Å². The summed E-state index contributed by atoms with van der Waals surface area (Å²) in [4.78, 5) is 25.0. The third kappa shape index (κ3) is 3.64. The average Bonchev–Trinajstić information content (AvgIpc) is 2.73. The zero-order valence-electron chi connectivity index (χ0n) is 12.1. The van der Waals surface area contributed by atoms with Gasteiger partial charge in [0.1, 0.15) is 10.4 Å². The first-order valence-electron chi connectivity index (χ1n) is 6.63. The van der Waals surface area contributed by atoms with Crippen molar-refractivity contribution in [3.05, 3.63) is 52.4 Å². The van der Waals surface area contributed by atoms with Gasteiger partial charge in [0.05, 0.1) is 4.91 Å². The Kier molecular flexibility index (Phi) is 5.15. The molecule has 6 heteroatoms. The van der Waals surface area contributed by atoms with Gasteiger partial charge >= 0.3 is 5.97 Å². The predicted molar refractivity (Wildman–Crippen MR) is 92.3 cm³/mol. The topological polar surface area (TPSA) is 57.6 Å². The van der Waals surface area contributed by atoms with Crippen LogP contribution in [-0.2, 0) is 9.59 Å². The SMILES string of the molecule is CC(=C\c1ccccc1)/C=C1/SC(=S)N([C@H](C)C(=O)O)C1=O. The standard InChI is InChI=1S/C16H15NO3S2/c1-10(8-12-6-4-3-5-7-12)9-13-14(18)17(16(21)22-13)11(2)15(19)20/h3-9,11H,1-2H3,(H,19,20)/b10-8+,13-9+/t11-/m1/s1. The van der Waals surface area contributed by atoms with Gasteiger partial charge < -0.3 is 5.11 Å². The highest BCUT2D eigenvalue weighted by atomic mass is 32.2. The van der Waals surface area contributed by atoms with Gasteiger partial charge in [-0.1, -0.05) is 60.4 Å². The molecule has 1 aromatic rings. The fourth-order valence-corrected chi connectivity index (χ4v) is 3.45. The van der Waals surface area contributed by atoms with Crippen LogP contribution >= 0.6 is 24.0 Å². The number of thioether (sulfide) groups is 1. The van der Waals surface area contributed by atoms with Gasteiger partial charge in [-0.25, -0.2) is 4.79 Å². The van der Waals surface area contributed by atoms with E-state index in [2.05, 4.69) is 0 Å². The van der Waals surface area contributed by atoms with E-state index in [-0.39, 0.29) is 10.2 Å². The molecule has 0 unspecified atom stereocenters. The van der Waals surface area contributed by atoms with Crippen LogP contribution in [0.25, 0.3) is 6.08 Å². The summed E-state index contributed by atoms with van der Waals surface area (Å²) in [6, 6.07) is 8.78. The fourth-order valence-electron chi connectivity index (χ4n) is 1.98. The number of hydrogen-bond donors (Lipinski definition) is 1. The Balaban J connectivity index is 2.23. The lowest BCUT2D eigenvalue weighted by molar-refractivity contribution is -0.144. The van der Waals surface area contributed by atoms with Crippen molar-refractivity contribution in [1.29, 1.82) is 0 Å². The minimum Gasteiger partial charge on any atom is -0.480 e. The molecular weight excluding hydrogens is 318 g/mol. The summed E-state index contributed by atoms with van der Waals surface area (Å²) in [6.45, 7) is 3.34. The maximum atomic E-state index is 12.3. The maximum Gasteiger partial charge on any atom is 0.326 e. The number of carboxylic acids is 1. The lowest BCUT2D eigenvalue weighted by Crippen LogP contribution is -2.41. The molecule has 22 heavy (non-hydrogen) atoms.